The van der Waals surface area contributed by atoms with E-state index in [0.29, 0.717) is 6.54 Å². The largest absolute Gasteiger partial charge is 0.444 e. The Morgan fingerprint density at radius 3 is 1.88 bits per heavy atom. The SMILES string of the molecule is CC(CNC(c1ccccc1)c1ccccc1)NC(=O)OC(C)(C)C. The first kappa shape index (κ1) is 19.0. The summed E-state index contributed by atoms with van der Waals surface area (Å²) in [6.07, 6.45) is -0.391. The van der Waals surface area contributed by atoms with Crippen LogP contribution in [0.1, 0.15) is 44.9 Å². The Labute approximate surface area is 150 Å². The summed E-state index contributed by atoms with van der Waals surface area (Å²) in [4.78, 5) is 11.9. The lowest BCUT2D eigenvalue weighted by molar-refractivity contribution is 0.0508. The number of hydrogen-bond donors (Lipinski definition) is 2. The molecule has 4 nitrogen and oxygen atoms in total. The summed E-state index contributed by atoms with van der Waals surface area (Å²) in [5.74, 6) is 0. The van der Waals surface area contributed by atoms with Crippen molar-refractivity contribution < 1.29 is 9.53 Å². The highest BCUT2D eigenvalue weighted by Crippen LogP contribution is 2.21. The fraction of sp³-hybridized carbons (Fsp3) is 0.381. The van der Waals surface area contributed by atoms with Gasteiger partial charge in [0.15, 0.2) is 0 Å². The van der Waals surface area contributed by atoms with Crippen LogP contribution in [0.15, 0.2) is 60.7 Å². The van der Waals surface area contributed by atoms with Crippen LogP contribution in [0, 0.1) is 0 Å². The van der Waals surface area contributed by atoms with Gasteiger partial charge in [-0.2, -0.15) is 0 Å². The fourth-order valence-electron chi connectivity index (χ4n) is 2.57. The molecule has 1 unspecified atom stereocenters. The molecule has 134 valence electrons. The Balaban J connectivity index is 2.00. The Bertz CT molecular complexity index is 611. The third-order valence-electron chi connectivity index (χ3n) is 3.66. The summed E-state index contributed by atoms with van der Waals surface area (Å²) in [7, 11) is 0. The van der Waals surface area contributed by atoms with Crippen molar-refractivity contribution in [2.24, 2.45) is 0 Å². The number of amides is 1. The van der Waals surface area contributed by atoms with Crippen molar-refractivity contribution >= 4 is 6.09 Å². The molecule has 0 bridgehead atoms. The molecule has 0 aliphatic heterocycles. The van der Waals surface area contributed by atoms with E-state index in [4.69, 9.17) is 4.74 Å². The molecule has 2 aromatic rings. The van der Waals surface area contributed by atoms with Crippen molar-refractivity contribution in [3.8, 4) is 0 Å². The maximum Gasteiger partial charge on any atom is 0.407 e. The van der Waals surface area contributed by atoms with Crippen LogP contribution in [0.5, 0.6) is 0 Å². The lowest BCUT2D eigenvalue weighted by Crippen LogP contribution is -2.43. The molecule has 2 N–H and O–H groups in total. The van der Waals surface area contributed by atoms with Crippen molar-refractivity contribution in [2.75, 3.05) is 6.54 Å². The van der Waals surface area contributed by atoms with Gasteiger partial charge in [-0.3, -0.25) is 0 Å². The number of hydrogen-bond acceptors (Lipinski definition) is 3. The second-order valence-electron chi connectivity index (χ2n) is 7.21. The van der Waals surface area contributed by atoms with E-state index in [1.165, 1.54) is 11.1 Å². The van der Waals surface area contributed by atoms with Gasteiger partial charge in [0.25, 0.3) is 0 Å². The third kappa shape index (κ3) is 6.59. The zero-order valence-corrected chi connectivity index (χ0v) is 15.5. The molecule has 0 fully saturated rings. The van der Waals surface area contributed by atoms with Crippen LogP contribution in [0.3, 0.4) is 0 Å². The smallest absolute Gasteiger partial charge is 0.407 e. The van der Waals surface area contributed by atoms with Gasteiger partial charge in [-0.1, -0.05) is 60.7 Å². The Kier molecular flexibility index (Phi) is 6.59. The first-order valence-electron chi connectivity index (χ1n) is 8.68. The fourth-order valence-corrected chi connectivity index (χ4v) is 2.57. The Hall–Kier alpha value is -2.33. The van der Waals surface area contributed by atoms with Crippen molar-refractivity contribution in [2.45, 2.75) is 45.4 Å². The monoisotopic (exact) mass is 340 g/mol. The van der Waals surface area contributed by atoms with Crippen molar-refractivity contribution in [1.29, 1.82) is 0 Å². The molecule has 0 aliphatic rings. The van der Waals surface area contributed by atoms with Crippen LogP contribution in [0.4, 0.5) is 4.79 Å². The topological polar surface area (TPSA) is 50.4 Å². The van der Waals surface area contributed by atoms with Gasteiger partial charge in [-0.05, 0) is 38.8 Å². The van der Waals surface area contributed by atoms with Crippen molar-refractivity contribution in [1.82, 2.24) is 10.6 Å². The molecular weight excluding hydrogens is 312 g/mol. The number of carbonyl (C=O) groups is 1. The number of ether oxygens (including phenoxy) is 1. The minimum atomic E-state index is -0.492. The molecule has 1 atom stereocenters. The van der Waals surface area contributed by atoms with Gasteiger partial charge < -0.3 is 15.4 Å². The second kappa shape index (κ2) is 8.67. The number of benzene rings is 2. The van der Waals surface area contributed by atoms with Gasteiger partial charge in [-0.15, -0.1) is 0 Å². The molecule has 0 spiro atoms. The minimum Gasteiger partial charge on any atom is -0.444 e. The molecule has 4 heteroatoms. The van der Waals surface area contributed by atoms with Gasteiger partial charge >= 0.3 is 6.09 Å². The highest BCUT2D eigenvalue weighted by Gasteiger charge is 2.19. The molecule has 0 heterocycles. The van der Waals surface area contributed by atoms with Crippen LogP contribution >= 0.6 is 0 Å². The first-order valence-corrected chi connectivity index (χ1v) is 8.68. The van der Waals surface area contributed by atoms with Crippen LogP contribution in [-0.4, -0.2) is 24.3 Å². The molecule has 25 heavy (non-hydrogen) atoms. The number of nitrogens with one attached hydrogen (secondary N) is 2. The zero-order valence-electron chi connectivity index (χ0n) is 15.5. The van der Waals surface area contributed by atoms with E-state index < -0.39 is 11.7 Å². The standard InChI is InChI=1S/C21H28N2O2/c1-16(23-20(24)25-21(2,3)4)15-22-19(17-11-7-5-8-12-17)18-13-9-6-10-14-18/h5-14,16,19,22H,15H2,1-4H3,(H,23,24). The maximum absolute atomic E-state index is 11.9. The lowest BCUT2D eigenvalue weighted by atomic mass is 9.98. The molecular formula is C21H28N2O2. The molecule has 0 aliphatic carbocycles. The van der Waals surface area contributed by atoms with Gasteiger partial charge in [0.1, 0.15) is 5.60 Å². The third-order valence-corrected chi connectivity index (χ3v) is 3.66. The molecule has 2 rings (SSSR count). The summed E-state index contributed by atoms with van der Waals surface area (Å²) < 4.78 is 5.31. The van der Waals surface area contributed by atoms with Gasteiger partial charge in [0, 0.05) is 12.6 Å². The maximum atomic E-state index is 11.9. The summed E-state index contributed by atoms with van der Waals surface area (Å²) in [6.45, 7) is 8.17. The quantitative estimate of drug-likeness (QED) is 0.825. The molecule has 0 saturated carbocycles. The van der Waals surface area contributed by atoms with Crippen LogP contribution in [0.25, 0.3) is 0 Å². The predicted molar refractivity (Wildman–Crippen MR) is 102 cm³/mol. The first-order chi connectivity index (χ1) is 11.8. The summed E-state index contributed by atoms with van der Waals surface area (Å²) >= 11 is 0. The zero-order chi connectivity index (χ0) is 18.3. The van der Waals surface area contributed by atoms with Crippen LogP contribution in [0.2, 0.25) is 0 Å². The number of alkyl carbamates (subject to hydrolysis) is 1. The molecule has 0 aromatic heterocycles. The van der Waals surface area contributed by atoms with E-state index in [9.17, 15) is 4.79 Å². The van der Waals surface area contributed by atoms with Crippen LogP contribution < -0.4 is 10.6 Å². The number of carbonyl (C=O) groups excluding carboxylic acids is 1. The van der Waals surface area contributed by atoms with Crippen molar-refractivity contribution in [3.05, 3.63) is 71.8 Å². The minimum absolute atomic E-state index is 0.0511. The van der Waals surface area contributed by atoms with E-state index in [1.807, 2.05) is 64.1 Å². The Morgan fingerprint density at radius 2 is 1.44 bits per heavy atom. The molecule has 0 saturated heterocycles. The number of rotatable bonds is 6. The van der Waals surface area contributed by atoms with Gasteiger partial charge in [0.2, 0.25) is 0 Å². The van der Waals surface area contributed by atoms with E-state index in [1.54, 1.807) is 0 Å². The Morgan fingerprint density at radius 1 is 0.960 bits per heavy atom. The normalized spacial score (nSPS) is 12.7. The van der Waals surface area contributed by atoms with Crippen molar-refractivity contribution in [3.63, 3.8) is 0 Å². The van der Waals surface area contributed by atoms with Gasteiger partial charge in [0.05, 0.1) is 6.04 Å². The average molecular weight is 340 g/mol. The summed E-state index contributed by atoms with van der Waals surface area (Å²) in [6, 6.07) is 20.6. The molecule has 0 radical (unpaired) electrons. The van der Waals surface area contributed by atoms with E-state index in [0.717, 1.165) is 0 Å². The van der Waals surface area contributed by atoms with Gasteiger partial charge in [-0.25, -0.2) is 4.79 Å². The lowest BCUT2D eigenvalue weighted by Gasteiger charge is -2.24. The van der Waals surface area contributed by atoms with E-state index in [-0.39, 0.29) is 12.1 Å². The van der Waals surface area contributed by atoms with Crippen LogP contribution in [-0.2, 0) is 4.74 Å². The molecule has 1 amide bonds. The predicted octanol–water partition coefficient (Wildman–Crippen LogP) is 4.28. The average Bonchev–Trinajstić information content (AvgIpc) is 2.55. The summed E-state index contributed by atoms with van der Waals surface area (Å²) in [5.41, 5.74) is 1.89. The second-order valence-corrected chi connectivity index (χ2v) is 7.21. The molecule has 2 aromatic carbocycles. The van der Waals surface area contributed by atoms with E-state index >= 15 is 0 Å². The summed E-state index contributed by atoms with van der Waals surface area (Å²) in [5, 5.41) is 6.42. The highest BCUT2D eigenvalue weighted by molar-refractivity contribution is 5.68. The van der Waals surface area contributed by atoms with E-state index in [2.05, 4.69) is 34.9 Å². The highest BCUT2D eigenvalue weighted by atomic mass is 16.6.